The Morgan fingerprint density at radius 3 is 2.11 bits per heavy atom. The number of nitrogens with one attached hydrogen (secondary N) is 1. The van der Waals surface area contributed by atoms with Crippen LogP contribution in [0.15, 0.2) is 60.7 Å². The maximum Gasteiger partial charge on any atom is 0.242 e. The number of carbonyl (C=O) groups is 2. The van der Waals surface area contributed by atoms with Crippen LogP contribution in [0.4, 0.5) is 0 Å². The summed E-state index contributed by atoms with van der Waals surface area (Å²) in [4.78, 5) is 27.7. The highest BCUT2D eigenvalue weighted by atomic mass is 16.2. The van der Waals surface area contributed by atoms with Crippen LogP contribution in [0.2, 0.25) is 0 Å². The second kappa shape index (κ2) is 10.1. The average Bonchev–Trinajstić information content (AvgIpc) is 2.73. The zero-order chi connectivity index (χ0) is 19.8. The van der Waals surface area contributed by atoms with E-state index in [1.165, 1.54) is 19.3 Å². The molecule has 1 atom stereocenters. The zero-order valence-corrected chi connectivity index (χ0v) is 16.6. The zero-order valence-electron chi connectivity index (χ0n) is 16.6. The van der Waals surface area contributed by atoms with Crippen molar-refractivity contribution in [2.75, 3.05) is 0 Å². The second-order valence-corrected chi connectivity index (χ2v) is 7.69. The Balaban J connectivity index is 1.72. The molecule has 28 heavy (non-hydrogen) atoms. The third kappa shape index (κ3) is 5.69. The summed E-state index contributed by atoms with van der Waals surface area (Å²) in [6.07, 6.45) is 5.95. The van der Waals surface area contributed by atoms with E-state index in [0.29, 0.717) is 13.0 Å². The lowest BCUT2D eigenvalue weighted by Crippen LogP contribution is -2.50. The van der Waals surface area contributed by atoms with Crippen molar-refractivity contribution >= 4 is 11.8 Å². The molecular weight excluding hydrogens is 348 g/mol. The first-order valence-corrected chi connectivity index (χ1v) is 10.3. The fourth-order valence-corrected chi connectivity index (χ4v) is 3.80. The van der Waals surface area contributed by atoms with Crippen molar-refractivity contribution in [2.24, 2.45) is 0 Å². The summed E-state index contributed by atoms with van der Waals surface area (Å²) >= 11 is 0. The van der Waals surface area contributed by atoms with E-state index in [4.69, 9.17) is 0 Å². The minimum atomic E-state index is -0.502. The number of carbonyl (C=O) groups excluding carboxylic acids is 2. The van der Waals surface area contributed by atoms with E-state index < -0.39 is 6.04 Å². The maximum absolute atomic E-state index is 13.1. The minimum Gasteiger partial charge on any atom is -0.352 e. The average molecular weight is 379 g/mol. The Labute approximate surface area is 167 Å². The number of hydrogen-bond donors (Lipinski definition) is 1. The van der Waals surface area contributed by atoms with Crippen LogP contribution in [0, 0.1) is 0 Å². The molecule has 4 heteroatoms. The molecule has 2 amide bonds. The van der Waals surface area contributed by atoms with Crippen molar-refractivity contribution in [2.45, 2.75) is 64.1 Å². The van der Waals surface area contributed by atoms with Gasteiger partial charge in [0.1, 0.15) is 6.04 Å². The van der Waals surface area contributed by atoms with Gasteiger partial charge in [-0.2, -0.15) is 0 Å². The van der Waals surface area contributed by atoms with E-state index in [1.807, 2.05) is 67.6 Å². The van der Waals surface area contributed by atoms with E-state index in [0.717, 1.165) is 24.0 Å². The largest absolute Gasteiger partial charge is 0.352 e. The molecule has 1 fully saturated rings. The summed E-state index contributed by atoms with van der Waals surface area (Å²) < 4.78 is 0. The van der Waals surface area contributed by atoms with Gasteiger partial charge in [-0.05, 0) is 30.9 Å². The molecule has 1 saturated carbocycles. The van der Waals surface area contributed by atoms with Crippen molar-refractivity contribution in [3.05, 3.63) is 71.8 Å². The molecule has 148 valence electrons. The molecule has 0 aliphatic heterocycles. The molecular formula is C24H30N2O2. The number of nitrogens with zero attached hydrogens (tertiary/aromatic N) is 1. The fourth-order valence-electron chi connectivity index (χ4n) is 3.80. The van der Waals surface area contributed by atoms with Gasteiger partial charge >= 0.3 is 0 Å². The van der Waals surface area contributed by atoms with Gasteiger partial charge in [-0.3, -0.25) is 9.59 Å². The van der Waals surface area contributed by atoms with Crippen LogP contribution in [0.3, 0.4) is 0 Å². The molecule has 0 unspecified atom stereocenters. The fraction of sp³-hybridized carbons (Fsp3) is 0.417. The summed E-state index contributed by atoms with van der Waals surface area (Å²) in [6.45, 7) is 2.27. The molecule has 2 aromatic rings. The van der Waals surface area contributed by atoms with Crippen LogP contribution < -0.4 is 5.32 Å². The lowest BCUT2D eigenvalue weighted by atomic mass is 9.95. The molecule has 1 aliphatic rings. The standard InChI is InChI=1S/C24H30N2O2/c1-19(24(28)25-22-15-9-4-10-16-22)26(18-21-13-7-3-8-14-21)23(27)17-20-11-5-2-6-12-20/h2-3,5-8,11-14,19,22H,4,9-10,15-18H2,1H3,(H,25,28)/t19-/m1/s1. The van der Waals surface area contributed by atoms with E-state index in [2.05, 4.69) is 5.32 Å². The summed E-state index contributed by atoms with van der Waals surface area (Å²) in [5.74, 6) is -0.0782. The van der Waals surface area contributed by atoms with Crippen molar-refractivity contribution in [1.29, 1.82) is 0 Å². The first-order valence-electron chi connectivity index (χ1n) is 10.3. The molecule has 0 aromatic heterocycles. The van der Waals surface area contributed by atoms with Gasteiger partial charge in [0, 0.05) is 12.6 Å². The van der Waals surface area contributed by atoms with Crippen molar-refractivity contribution < 1.29 is 9.59 Å². The third-order valence-corrected chi connectivity index (χ3v) is 5.51. The quantitative estimate of drug-likeness (QED) is 0.789. The number of rotatable bonds is 7. The first-order chi connectivity index (χ1) is 13.6. The lowest BCUT2D eigenvalue weighted by Gasteiger charge is -2.31. The van der Waals surface area contributed by atoms with Crippen LogP contribution in [-0.4, -0.2) is 28.8 Å². The number of amides is 2. The molecule has 0 heterocycles. The van der Waals surface area contributed by atoms with E-state index in [-0.39, 0.29) is 17.9 Å². The summed E-state index contributed by atoms with van der Waals surface area (Å²) in [7, 11) is 0. The van der Waals surface area contributed by atoms with Gasteiger partial charge in [0.15, 0.2) is 0 Å². The first kappa shape index (κ1) is 20.1. The predicted molar refractivity (Wildman–Crippen MR) is 112 cm³/mol. The summed E-state index contributed by atoms with van der Waals surface area (Å²) in [6, 6.07) is 19.3. The Bertz CT molecular complexity index is 755. The normalized spacial score (nSPS) is 15.6. The van der Waals surface area contributed by atoms with E-state index in [9.17, 15) is 9.59 Å². The van der Waals surface area contributed by atoms with Crippen molar-refractivity contribution in [3.63, 3.8) is 0 Å². The highest BCUT2D eigenvalue weighted by Crippen LogP contribution is 2.18. The van der Waals surface area contributed by atoms with Crippen molar-refractivity contribution in [1.82, 2.24) is 10.2 Å². The Morgan fingerprint density at radius 2 is 1.50 bits per heavy atom. The molecule has 2 aromatic carbocycles. The van der Waals surface area contributed by atoms with Crippen LogP contribution in [0.25, 0.3) is 0 Å². The Kier molecular flexibility index (Phi) is 7.24. The monoisotopic (exact) mass is 378 g/mol. The molecule has 4 nitrogen and oxygen atoms in total. The van der Waals surface area contributed by atoms with Crippen LogP contribution in [0.1, 0.15) is 50.2 Å². The van der Waals surface area contributed by atoms with E-state index >= 15 is 0 Å². The van der Waals surface area contributed by atoms with Crippen LogP contribution in [0.5, 0.6) is 0 Å². The van der Waals surface area contributed by atoms with Gasteiger partial charge in [0.25, 0.3) is 0 Å². The van der Waals surface area contributed by atoms with Crippen molar-refractivity contribution in [3.8, 4) is 0 Å². The lowest BCUT2D eigenvalue weighted by molar-refractivity contribution is -0.140. The van der Waals surface area contributed by atoms with Gasteiger partial charge in [-0.15, -0.1) is 0 Å². The molecule has 3 rings (SSSR count). The topological polar surface area (TPSA) is 49.4 Å². The molecule has 0 bridgehead atoms. The van der Waals surface area contributed by atoms with Gasteiger partial charge in [-0.1, -0.05) is 79.9 Å². The highest BCUT2D eigenvalue weighted by molar-refractivity contribution is 5.88. The number of benzene rings is 2. The highest BCUT2D eigenvalue weighted by Gasteiger charge is 2.28. The summed E-state index contributed by atoms with van der Waals surface area (Å²) in [5.41, 5.74) is 1.99. The van der Waals surface area contributed by atoms with Gasteiger partial charge < -0.3 is 10.2 Å². The predicted octanol–water partition coefficient (Wildman–Crippen LogP) is 4.10. The smallest absolute Gasteiger partial charge is 0.242 e. The molecule has 0 radical (unpaired) electrons. The third-order valence-electron chi connectivity index (χ3n) is 5.51. The molecule has 1 N–H and O–H groups in total. The minimum absolute atomic E-state index is 0.0265. The van der Waals surface area contributed by atoms with Crippen LogP contribution in [-0.2, 0) is 22.6 Å². The Hall–Kier alpha value is -2.62. The Morgan fingerprint density at radius 1 is 0.929 bits per heavy atom. The molecule has 0 spiro atoms. The van der Waals surface area contributed by atoms with Crippen LogP contribution >= 0.6 is 0 Å². The molecule has 0 saturated heterocycles. The number of hydrogen-bond acceptors (Lipinski definition) is 2. The van der Waals surface area contributed by atoms with Gasteiger partial charge in [-0.25, -0.2) is 0 Å². The maximum atomic E-state index is 13.1. The summed E-state index contributed by atoms with van der Waals surface area (Å²) in [5, 5.41) is 3.17. The van der Waals surface area contributed by atoms with Gasteiger partial charge in [0.2, 0.25) is 11.8 Å². The SMILES string of the molecule is C[C@H](C(=O)NC1CCCCC1)N(Cc1ccccc1)C(=O)Cc1ccccc1. The molecule has 1 aliphatic carbocycles. The van der Waals surface area contributed by atoms with E-state index in [1.54, 1.807) is 4.90 Å². The van der Waals surface area contributed by atoms with Gasteiger partial charge in [0.05, 0.1) is 6.42 Å². The second-order valence-electron chi connectivity index (χ2n) is 7.69.